The summed E-state index contributed by atoms with van der Waals surface area (Å²) in [6.07, 6.45) is 3.74. The van der Waals surface area contributed by atoms with Crippen molar-refractivity contribution in [3.05, 3.63) is 50.8 Å². The van der Waals surface area contributed by atoms with E-state index in [-0.39, 0.29) is 17.3 Å². The average Bonchev–Trinajstić information content (AvgIpc) is 2.85. The maximum atomic E-state index is 11.8. The first-order valence-electron chi connectivity index (χ1n) is 7.25. The predicted molar refractivity (Wildman–Crippen MR) is 92.0 cm³/mol. The largest absolute Gasteiger partial charge is 0.314 e. The van der Waals surface area contributed by atoms with Crippen LogP contribution >= 0.6 is 23.7 Å². The van der Waals surface area contributed by atoms with Gasteiger partial charge >= 0.3 is 4.87 Å². The van der Waals surface area contributed by atoms with Crippen LogP contribution in [-0.2, 0) is 6.54 Å². The number of hydrogen-bond acceptors (Lipinski definition) is 5. The molecule has 0 saturated carbocycles. The van der Waals surface area contributed by atoms with Gasteiger partial charge < -0.3 is 9.88 Å². The number of halogens is 1. The van der Waals surface area contributed by atoms with Crippen molar-refractivity contribution in [3.63, 3.8) is 0 Å². The molecule has 0 bridgehead atoms. The first-order valence-corrected chi connectivity index (χ1v) is 8.13. The summed E-state index contributed by atoms with van der Waals surface area (Å²) in [4.78, 5) is 18.6. The molecule has 0 aliphatic carbocycles. The molecule has 0 spiro atoms. The van der Waals surface area contributed by atoms with E-state index in [4.69, 9.17) is 0 Å². The zero-order chi connectivity index (χ0) is 14.7. The van der Waals surface area contributed by atoms with Gasteiger partial charge in [-0.2, -0.15) is 0 Å². The zero-order valence-corrected chi connectivity index (χ0v) is 14.2. The van der Waals surface area contributed by atoms with E-state index in [9.17, 15) is 4.79 Å². The van der Waals surface area contributed by atoms with Crippen LogP contribution in [0.25, 0.3) is 0 Å². The molecule has 1 N–H and O–H groups in total. The Labute approximate surface area is 140 Å². The SMILES string of the molecule is Cc1csc(=O)n1CCN1CCNCC1c1cccnc1.Cl. The highest BCUT2D eigenvalue weighted by molar-refractivity contribution is 7.07. The quantitative estimate of drug-likeness (QED) is 0.920. The molecule has 22 heavy (non-hydrogen) atoms. The number of hydrogen-bond donors (Lipinski definition) is 1. The van der Waals surface area contributed by atoms with E-state index in [1.54, 1.807) is 6.20 Å². The van der Waals surface area contributed by atoms with Gasteiger partial charge in [0, 0.05) is 62.2 Å². The molecule has 7 heteroatoms. The Balaban J connectivity index is 0.00000176. The lowest BCUT2D eigenvalue weighted by molar-refractivity contribution is 0.155. The first-order chi connectivity index (χ1) is 10.3. The van der Waals surface area contributed by atoms with Crippen LogP contribution in [0.5, 0.6) is 0 Å². The van der Waals surface area contributed by atoms with Crippen LogP contribution in [0.15, 0.2) is 34.7 Å². The maximum absolute atomic E-state index is 11.8. The topological polar surface area (TPSA) is 50.2 Å². The molecule has 2 aromatic heterocycles. The molecule has 0 radical (unpaired) electrons. The average molecular weight is 341 g/mol. The van der Waals surface area contributed by atoms with Crippen molar-refractivity contribution in [1.29, 1.82) is 0 Å². The highest BCUT2D eigenvalue weighted by Gasteiger charge is 2.23. The molecular formula is C15H21ClN4OS. The van der Waals surface area contributed by atoms with Crippen LogP contribution in [0.3, 0.4) is 0 Å². The number of piperazine rings is 1. The molecule has 1 aliphatic rings. The predicted octanol–water partition coefficient (Wildman–Crippen LogP) is 1.68. The van der Waals surface area contributed by atoms with Gasteiger partial charge in [-0.1, -0.05) is 17.4 Å². The van der Waals surface area contributed by atoms with Gasteiger partial charge in [0.15, 0.2) is 0 Å². The van der Waals surface area contributed by atoms with Crippen LogP contribution in [0.1, 0.15) is 17.3 Å². The molecule has 3 heterocycles. The lowest BCUT2D eigenvalue weighted by Crippen LogP contribution is -2.47. The van der Waals surface area contributed by atoms with Gasteiger partial charge in [-0.25, -0.2) is 0 Å². The van der Waals surface area contributed by atoms with E-state index in [0.29, 0.717) is 6.04 Å². The summed E-state index contributed by atoms with van der Waals surface area (Å²) in [5, 5.41) is 5.37. The number of rotatable bonds is 4. The molecule has 1 unspecified atom stereocenters. The van der Waals surface area contributed by atoms with E-state index in [1.807, 2.05) is 29.1 Å². The standard InChI is InChI=1S/C15H20N4OS.ClH/c1-12-11-21-15(20)19(12)8-7-18-6-5-17-10-14(18)13-3-2-4-16-9-13;/h2-4,9,11,14,17H,5-8,10H2,1H3;1H. The summed E-state index contributed by atoms with van der Waals surface area (Å²) in [5.41, 5.74) is 2.29. The number of aromatic nitrogens is 2. The summed E-state index contributed by atoms with van der Waals surface area (Å²) in [7, 11) is 0. The van der Waals surface area contributed by atoms with E-state index < -0.39 is 0 Å². The van der Waals surface area contributed by atoms with Crippen LogP contribution in [0.4, 0.5) is 0 Å². The fraction of sp³-hybridized carbons (Fsp3) is 0.467. The third-order valence-corrected chi connectivity index (χ3v) is 4.89. The van der Waals surface area contributed by atoms with Gasteiger partial charge in [0.25, 0.3) is 0 Å². The number of nitrogens with zero attached hydrogens (tertiary/aromatic N) is 3. The van der Waals surface area contributed by atoms with E-state index >= 15 is 0 Å². The molecule has 0 amide bonds. The number of aryl methyl sites for hydroxylation is 1. The first kappa shape index (κ1) is 17.1. The number of thiazole rings is 1. The molecule has 0 aromatic carbocycles. The Morgan fingerprint density at radius 2 is 2.32 bits per heavy atom. The fourth-order valence-electron chi connectivity index (χ4n) is 2.82. The highest BCUT2D eigenvalue weighted by Crippen LogP contribution is 2.21. The Bertz CT molecular complexity index is 642. The third-order valence-electron chi connectivity index (χ3n) is 4.01. The number of pyridine rings is 1. The molecule has 1 fully saturated rings. The monoisotopic (exact) mass is 340 g/mol. The second-order valence-electron chi connectivity index (χ2n) is 5.34. The molecular weight excluding hydrogens is 320 g/mol. The second-order valence-corrected chi connectivity index (χ2v) is 6.16. The smallest absolute Gasteiger partial charge is 0.307 e. The van der Waals surface area contributed by atoms with Gasteiger partial charge in [-0.3, -0.25) is 14.7 Å². The molecule has 120 valence electrons. The Morgan fingerprint density at radius 3 is 3.00 bits per heavy atom. The summed E-state index contributed by atoms with van der Waals surface area (Å²) < 4.78 is 1.87. The molecule has 1 atom stereocenters. The second kappa shape index (κ2) is 7.87. The normalized spacial score (nSPS) is 18.9. The van der Waals surface area contributed by atoms with Gasteiger partial charge in [0.1, 0.15) is 0 Å². The summed E-state index contributed by atoms with van der Waals surface area (Å²) in [6, 6.07) is 4.44. The summed E-state index contributed by atoms with van der Waals surface area (Å²) in [6.45, 7) is 6.56. The molecule has 2 aromatic rings. The Hall–Kier alpha value is -1.21. The van der Waals surface area contributed by atoms with Gasteiger partial charge in [-0.15, -0.1) is 12.4 Å². The van der Waals surface area contributed by atoms with Crippen LogP contribution in [0.2, 0.25) is 0 Å². The van der Waals surface area contributed by atoms with Crippen molar-refractivity contribution in [1.82, 2.24) is 19.8 Å². The minimum absolute atomic E-state index is 0. The highest BCUT2D eigenvalue weighted by atomic mass is 35.5. The summed E-state index contributed by atoms with van der Waals surface area (Å²) >= 11 is 1.28. The number of nitrogens with one attached hydrogen (secondary N) is 1. The van der Waals surface area contributed by atoms with E-state index in [0.717, 1.165) is 38.4 Å². The van der Waals surface area contributed by atoms with Crippen molar-refractivity contribution in [2.24, 2.45) is 0 Å². The Kier molecular flexibility index (Phi) is 6.14. The third kappa shape index (κ3) is 3.76. The van der Waals surface area contributed by atoms with Gasteiger partial charge in [0.05, 0.1) is 0 Å². The van der Waals surface area contributed by atoms with Crippen molar-refractivity contribution in [3.8, 4) is 0 Å². The van der Waals surface area contributed by atoms with Crippen molar-refractivity contribution in [2.45, 2.75) is 19.5 Å². The van der Waals surface area contributed by atoms with Gasteiger partial charge in [0.2, 0.25) is 0 Å². The lowest BCUT2D eigenvalue weighted by Gasteiger charge is -2.36. The summed E-state index contributed by atoms with van der Waals surface area (Å²) in [5.74, 6) is 0. The van der Waals surface area contributed by atoms with Gasteiger partial charge in [-0.05, 0) is 18.6 Å². The Morgan fingerprint density at radius 1 is 1.45 bits per heavy atom. The van der Waals surface area contributed by atoms with Crippen LogP contribution < -0.4 is 10.2 Å². The molecule has 5 nitrogen and oxygen atoms in total. The molecule has 3 rings (SSSR count). The van der Waals surface area contributed by atoms with E-state index in [1.165, 1.54) is 16.9 Å². The van der Waals surface area contributed by atoms with Crippen molar-refractivity contribution < 1.29 is 0 Å². The lowest BCUT2D eigenvalue weighted by atomic mass is 10.1. The van der Waals surface area contributed by atoms with Crippen molar-refractivity contribution in [2.75, 3.05) is 26.2 Å². The maximum Gasteiger partial charge on any atom is 0.307 e. The molecule has 1 saturated heterocycles. The minimum Gasteiger partial charge on any atom is -0.314 e. The van der Waals surface area contributed by atoms with Crippen LogP contribution in [0, 0.1) is 6.92 Å². The minimum atomic E-state index is 0. The molecule has 1 aliphatic heterocycles. The zero-order valence-electron chi connectivity index (χ0n) is 12.6. The van der Waals surface area contributed by atoms with Crippen molar-refractivity contribution >= 4 is 23.7 Å². The van der Waals surface area contributed by atoms with E-state index in [2.05, 4.69) is 21.3 Å². The van der Waals surface area contributed by atoms with Crippen LogP contribution in [-0.4, -0.2) is 40.6 Å². The fourth-order valence-corrected chi connectivity index (χ4v) is 3.58.